The first-order valence-electron chi connectivity index (χ1n) is 6.77. The van der Waals surface area contributed by atoms with Gasteiger partial charge in [-0.15, -0.1) is 0 Å². The molecule has 1 fully saturated rings. The summed E-state index contributed by atoms with van der Waals surface area (Å²) in [5, 5.41) is 10.6. The van der Waals surface area contributed by atoms with Crippen molar-refractivity contribution in [3.63, 3.8) is 0 Å². The van der Waals surface area contributed by atoms with E-state index >= 15 is 0 Å². The van der Waals surface area contributed by atoms with Gasteiger partial charge in [-0.2, -0.15) is 0 Å². The highest BCUT2D eigenvalue weighted by Gasteiger charge is 2.20. The molecule has 5 nitrogen and oxygen atoms in total. The molecule has 0 saturated heterocycles. The van der Waals surface area contributed by atoms with Gasteiger partial charge in [-0.25, -0.2) is 0 Å². The Labute approximate surface area is 112 Å². The normalized spacial score (nSPS) is 23.8. The lowest BCUT2D eigenvalue weighted by atomic mass is 10.1. The molecule has 0 bridgehead atoms. The summed E-state index contributed by atoms with van der Waals surface area (Å²) in [5.41, 5.74) is 7.15. The Hall–Kier alpha value is -1.46. The summed E-state index contributed by atoms with van der Waals surface area (Å²) in [6.45, 7) is 0.469. The largest absolute Gasteiger partial charge is 0.372 e. The van der Waals surface area contributed by atoms with Gasteiger partial charge in [0.2, 0.25) is 0 Å². The highest BCUT2D eigenvalue weighted by atomic mass is 16.6. The molecule has 1 aromatic carbocycles. The maximum absolute atomic E-state index is 10.6. The lowest BCUT2D eigenvalue weighted by Crippen LogP contribution is -2.35. The first-order chi connectivity index (χ1) is 9.16. The van der Waals surface area contributed by atoms with Gasteiger partial charge in [0.25, 0.3) is 5.69 Å². The number of benzene rings is 1. The molecular weight excluding hydrogens is 244 g/mol. The molecule has 2 N–H and O–H groups in total. The van der Waals surface area contributed by atoms with Crippen molar-refractivity contribution in [2.24, 2.45) is 5.73 Å². The van der Waals surface area contributed by atoms with Crippen LogP contribution in [0.2, 0.25) is 0 Å². The molecular formula is C14H20N2O3. The highest BCUT2D eigenvalue weighted by molar-refractivity contribution is 5.32. The molecule has 2 rings (SSSR count). The molecule has 0 radical (unpaired) electrons. The quantitative estimate of drug-likeness (QED) is 0.515. The highest BCUT2D eigenvalue weighted by Crippen LogP contribution is 2.21. The van der Waals surface area contributed by atoms with E-state index in [1.165, 1.54) is 31.4 Å². The van der Waals surface area contributed by atoms with Gasteiger partial charge in [0.15, 0.2) is 0 Å². The number of non-ortho nitro benzene ring substituents is 1. The van der Waals surface area contributed by atoms with Crippen LogP contribution in [0, 0.1) is 10.1 Å². The lowest BCUT2D eigenvalue weighted by Gasteiger charge is -2.21. The van der Waals surface area contributed by atoms with Gasteiger partial charge >= 0.3 is 0 Å². The Kier molecular flexibility index (Phi) is 4.87. The summed E-state index contributed by atoms with van der Waals surface area (Å²) in [7, 11) is 0. The lowest BCUT2D eigenvalue weighted by molar-refractivity contribution is -0.384. The number of hydrogen-bond acceptors (Lipinski definition) is 4. The van der Waals surface area contributed by atoms with Gasteiger partial charge in [0.1, 0.15) is 0 Å². The second-order valence-corrected chi connectivity index (χ2v) is 5.07. The Balaban J connectivity index is 1.88. The van der Waals surface area contributed by atoms with Crippen LogP contribution in [-0.2, 0) is 11.3 Å². The summed E-state index contributed by atoms with van der Waals surface area (Å²) in [6.07, 6.45) is 5.71. The van der Waals surface area contributed by atoms with Gasteiger partial charge in [0.05, 0.1) is 17.6 Å². The smallest absolute Gasteiger partial charge is 0.269 e. The van der Waals surface area contributed by atoms with E-state index in [2.05, 4.69) is 0 Å². The minimum atomic E-state index is -0.397. The average molecular weight is 264 g/mol. The SMILES string of the molecule is NC1CCCCCC1OCc1ccc([N+](=O)[O-])cc1. The predicted molar refractivity (Wildman–Crippen MR) is 72.7 cm³/mol. The zero-order valence-corrected chi connectivity index (χ0v) is 11.0. The second kappa shape index (κ2) is 6.63. The number of nitrogens with zero attached hydrogens (tertiary/aromatic N) is 1. The Morgan fingerprint density at radius 1 is 1.21 bits per heavy atom. The van der Waals surface area contributed by atoms with Gasteiger partial charge in [-0.1, -0.05) is 19.3 Å². The Bertz CT molecular complexity index is 419. The first kappa shape index (κ1) is 14.0. The fourth-order valence-corrected chi connectivity index (χ4v) is 2.43. The van der Waals surface area contributed by atoms with Gasteiger partial charge < -0.3 is 10.5 Å². The van der Waals surface area contributed by atoms with Crippen LogP contribution in [0.15, 0.2) is 24.3 Å². The molecule has 5 heteroatoms. The van der Waals surface area contributed by atoms with E-state index in [-0.39, 0.29) is 17.8 Å². The van der Waals surface area contributed by atoms with E-state index in [9.17, 15) is 10.1 Å². The molecule has 104 valence electrons. The summed E-state index contributed by atoms with van der Waals surface area (Å²) in [4.78, 5) is 10.2. The zero-order valence-electron chi connectivity index (χ0n) is 11.0. The Morgan fingerprint density at radius 2 is 1.89 bits per heavy atom. The van der Waals surface area contributed by atoms with Crippen molar-refractivity contribution in [2.45, 2.75) is 50.9 Å². The van der Waals surface area contributed by atoms with Crippen molar-refractivity contribution >= 4 is 5.69 Å². The van der Waals surface area contributed by atoms with Crippen LogP contribution in [0.1, 0.15) is 37.7 Å². The second-order valence-electron chi connectivity index (χ2n) is 5.07. The average Bonchev–Trinajstić information content (AvgIpc) is 2.61. The van der Waals surface area contributed by atoms with E-state index in [4.69, 9.17) is 10.5 Å². The molecule has 0 heterocycles. The third kappa shape index (κ3) is 4.01. The topological polar surface area (TPSA) is 78.4 Å². The van der Waals surface area contributed by atoms with Crippen LogP contribution >= 0.6 is 0 Å². The Morgan fingerprint density at radius 3 is 2.58 bits per heavy atom. The van der Waals surface area contributed by atoms with E-state index < -0.39 is 4.92 Å². The molecule has 1 aromatic rings. The fraction of sp³-hybridized carbons (Fsp3) is 0.571. The summed E-state index contributed by atoms with van der Waals surface area (Å²) >= 11 is 0. The van der Waals surface area contributed by atoms with Crippen LogP contribution < -0.4 is 5.73 Å². The minimum absolute atomic E-state index is 0.106. The maximum atomic E-state index is 10.6. The number of nitro benzene ring substituents is 1. The van der Waals surface area contributed by atoms with Crippen LogP contribution in [0.5, 0.6) is 0 Å². The van der Waals surface area contributed by atoms with E-state index in [1.54, 1.807) is 12.1 Å². The molecule has 0 aliphatic heterocycles. The number of hydrogen-bond donors (Lipinski definition) is 1. The molecule has 0 amide bonds. The van der Waals surface area contributed by atoms with E-state index in [0.717, 1.165) is 18.4 Å². The van der Waals surface area contributed by atoms with Gasteiger partial charge in [-0.3, -0.25) is 10.1 Å². The molecule has 2 atom stereocenters. The number of ether oxygens (including phenoxy) is 1. The van der Waals surface area contributed by atoms with Crippen molar-refractivity contribution in [3.05, 3.63) is 39.9 Å². The van der Waals surface area contributed by atoms with Crippen molar-refractivity contribution in [3.8, 4) is 0 Å². The standard InChI is InChI=1S/C14H20N2O3/c15-13-4-2-1-3-5-14(13)19-10-11-6-8-12(9-7-11)16(17)18/h6-9,13-14H,1-5,10,15H2. The van der Waals surface area contributed by atoms with Crippen LogP contribution in [0.4, 0.5) is 5.69 Å². The summed E-state index contributed by atoms with van der Waals surface area (Å²) in [5.74, 6) is 0. The molecule has 1 aliphatic carbocycles. The van der Waals surface area contributed by atoms with E-state index in [1.807, 2.05) is 0 Å². The third-order valence-electron chi connectivity index (χ3n) is 3.61. The van der Waals surface area contributed by atoms with Crippen molar-refractivity contribution in [1.29, 1.82) is 0 Å². The van der Waals surface area contributed by atoms with Gasteiger partial charge in [0, 0.05) is 18.2 Å². The van der Waals surface area contributed by atoms with Crippen molar-refractivity contribution in [2.75, 3.05) is 0 Å². The van der Waals surface area contributed by atoms with Crippen molar-refractivity contribution < 1.29 is 9.66 Å². The predicted octanol–water partition coefficient (Wildman–Crippen LogP) is 2.77. The molecule has 2 unspecified atom stereocenters. The third-order valence-corrected chi connectivity index (χ3v) is 3.61. The minimum Gasteiger partial charge on any atom is -0.372 e. The molecule has 1 saturated carbocycles. The molecule has 0 spiro atoms. The van der Waals surface area contributed by atoms with Crippen molar-refractivity contribution in [1.82, 2.24) is 0 Å². The van der Waals surface area contributed by atoms with Gasteiger partial charge in [-0.05, 0) is 30.5 Å². The summed E-state index contributed by atoms with van der Waals surface area (Å²) in [6, 6.07) is 6.60. The number of nitro groups is 1. The first-order valence-corrected chi connectivity index (χ1v) is 6.77. The van der Waals surface area contributed by atoms with Crippen LogP contribution in [0.25, 0.3) is 0 Å². The molecule has 0 aromatic heterocycles. The number of nitrogens with two attached hydrogens (primary N) is 1. The fourth-order valence-electron chi connectivity index (χ4n) is 2.43. The van der Waals surface area contributed by atoms with Crippen LogP contribution in [0.3, 0.4) is 0 Å². The summed E-state index contributed by atoms with van der Waals surface area (Å²) < 4.78 is 5.87. The van der Waals surface area contributed by atoms with Crippen LogP contribution in [-0.4, -0.2) is 17.1 Å². The monoisotopic (exact) mass is 264 g/mol. The zero-order chi connectivity index (χ0) is 13.7. The number of rotatable bonds is 4. The van der Waals surface area contributed by atoms with E-state index in [0.29, 0.717) is 6.61 Å². The maximum Gasteiger partial charge on any atom is 0.269 e. The molecule has 1 aliphatic rings. The molecule has 19 heavy (non-hydrogen) atoms.